The van der Waals surface area contributed by atoms with E-state index in [0.717, 1.165) is 12.1 Å². The second-order valence-electron chi connectivity index (χ2n) is 5.77. The Morgan fingerprint density at radius 3 is 2.42 bits per heavy atom. The van der Waals surface area contributed by atoms with Crippen LogP contribution in [-0.4, -0.2) is 19.2 Å². The standard InChI is InChI=1S/C19H14N2O2Si/c22-21(23)18-7-5-14(6-8-18)13-20-10-9-17-11-15-3-1-2-4-16(15)12-19(17)24-20/h1-12H,13H2. The molecule has 0 aromatic heterocycles. The van der Waals surface area contributed by atoms with Crippen LogP contribution >= 0.6 is 0 Å². The molecule has 0 atom stereocenters. The summed E-state index contributed by atoms with van der Waals surface area (Å²) in [5, 5.41) is 14.6. The number of nitrogens with zero attached hydrogens (tertiary/aromatic N) is 2. The van der Waals surface area contributed by atoms with Crippen molar-refractivity contribution in [2.75, 3.05) is 0 Å². The Bertz CT molecular complexity index is 951. The summed E-state index contributed by atoms with van der Waals surface area (Å²) in [6.45, 7) is 0.749. The minimum atomic E-state index is -0.367. The summed E-state index contributed by atoms with van der Waals surface area (Å²) in [5.41, 5.74) is 2.47. The van der Waals surface area contributed by atoms with Crippen LogP contribution in [-0.2, 0) is 6.54 Å². The first kappa shape index (κ1) is 14.7. The molecule has 0 saturated heterocycles. The predicted molar refractivity (Wildman–Crippen MR) is 97.0 cm³/mol. The van der Waals surface area contributed by atoms with Crippen LogP contribution in [0.4, 0.5) is 5.69 Å². The van der Waals surface area contributed by atoms with Crippen LogP contribution in [0.3, 0.4) is 0 Å². The first-order valence-electron chi connectivity index (χ1n) is 7.67. The van der Waals surface area contributed by atoms with E-state index < -0.39 is 0 Å². The Morgan fingerprint density at radius 1 is 1.00 bits per heavy atom. The molecule has 3 aromatic carbocycles. The summed E-state index contributed by atoms with van der Waals surface area (Å²) in [5.74, 6) is 0. The fraction of sp³-hybridized carbons (Fsp3) is 0.0526. The van der Waals surface area contributed by atoms with Crippen LogP contribution in [0.15, 0.2) is 66.9 Å². The van der Waals surface area contributed by atoms with Gasteiger partial charge in [0.25, 0.3) is 5.69 Å². The Labute approximate surface area is 142 Å². The van der Waals surface area contributed by atoms with Crippen LogP contribution in [0.25, 0.3) is 16.8 Å². The van der Waals surface area contributed by atoms with E-state index in [1.165, 1.54) is 21.5 Å². The van der Waals surface area contributed by atoms with Crippen molar-refractivity contribution in [3.05, 3.63) is 88.1 Å². The first-order chi connectivity index (χ1) is 11.7. The van der Waals surface area contributed by atoms with Crippen molar-refractivity contribution in [3.63, 3.8) is 0 Å². The molecule has 0 amide bonds. The van der Waals surface area contributed by atoms with Crippen LogP contribution in [0.2, 0.25) is 0 Å². The van der Waals surface area contributed by atoms with Gasteiger partial charge in [0.1, 0.15) is 0 Å². The van der Waals surface area contributed by atoms with E-state index in [1.807, 2.05) is 12.1 Å². The molecule has 0 fully saturated rings. The zero-order valence-electron chi connectivity index (χ0n) is 12.8. The zero-order valence-corrected chi connectivity index (χ0v) is 13.8. The van der Waals surface area contributed by atoms with E-state index in [2.05, 4.69) is 53.2 Å². The molecular formula is C19H14N2O2Si. The monoisotopic (exact) mass is 330 g/mol. The maximum absolute atomic E-state index is 10.7. The molecule has 5 heteroatoms. The summed E-state index contributed by atoms with van der Waals surface area (Å²) in [6.07, 6.45) is 4.25. The van der Waals surface area contributed by atoms with E-state index >= 15 is 0 Å². The molecule has 116 valence electrons. The topological polar surface area (TPSA) is 46.4 Å². The van der Waals surface area contributed by atoms with E-state index in [-0.39, 0.29) is 10.6 Å². The van der Waals surface area contributed by atoms with Gasteiger partial charge in [0.05, 0.1) is 4.92 Å². The van der Waals surface area contributed by atoms with Gasteiger partial charge in [-0.2, -0.15) is 0 Å². The third-order valence-corrected chi connectivity index (χ3v) is 5.38. The number of hydrogen-bond donors (Lipinski definition) is 0. The largest absolute Gasteiger partial charge is 0.396 e. The lowest BCUT2D eigenvalue weighted by Crippen LogP contribution is -2.35. The molecule has 1 heterocycles. The second-order valence-corrected chi connectivity index (χ2v) is 7.10. The van der Waals surface area contributed by atoms with Gasteiger partial charge in [-0.15, -0.1) is 0 Å². The van der Waals surface area contributed by atoms with Crippen LogP contribution < -0.4 is 5.19 Å². The molecule has 0 unspecified atom stereocenters. The highest BCUT2D eigenvalue weighted by Crippen LogP contribution is 2.19. The molecule has 0 spiro atoms. The lowest BCUT2D eigenvalue weighted by molar-refractivity contribution is -0.384. The third kappa shape index (κ3) is 2.81. The number of nitro benzene ring substituents is 1. The summed E-state index contributed by atoms with van der Waals surface area (Å²) < 4.78 is 2.25. The number of benzene rings is 3. The van der Waals surface area contributed by atoms with Gasteiger partial charge in [-0.3, -0.25) is 10.1 Å². The van der Waals surface area contributed by atoms with Crippen molar-refractivity contribution in [2.24, 2.45) is 0 Å². The highest BCUT2D eigenvalue weighted by atomic mass is 28.2. The molecule has 0 N–H and O–H groups in total. The highest BCUT2D eigenvalue weighted by molar-refractivity contribution is 6.53. The molecule has 24 heavy (non-hydrogen) atoms. The SMILES string of the molecule is O=[N+]([O-])c1ccc(CN2C=Cc3cc4ccccc4cc3[Si]2)cc1. The number of hydrogen-bond acceptors (Lipinski definition) is 3. The molecule has 0 aliphatic carbocycles. The molecule has 1 aliphatic heterocycles. The molecule has 4 rings (SSSR count). The highest BCUT2D eigenvalue weighted by Gasteiger charge is 2.14. The van der Waals surface area contributed by atoms with Crippen molar-refractivity contribution in [3.8, 4) is 0 Å². The van der Waals surface area contributed by atoms with Gasteiger partial charge >= 0.3 is 0 Å². The van der Waals surface area contributed by atoms with E-state index in [1.54, 1.807) is 12.1 Å². The van der Waals surface area contributed by atoms with Gasteiger partial charge in [-0.25, -0.2) is 0 Å². The molecule has 0 bridgehead atoms. The van der Waals surface area contributed by atoms with Crippen molar-refractivity contribution >= 4 is 37.4 Å². The number of rotatable bonds is 3. The molecule has 0 saturated carbocycles. The van der Waals surface area contributed by atoms with Gasteiger partial charge in [0.15, 0.2) is 0 Å². The van der Waals surface area contributed by atoms with Gasteiger partial charge in [0, 0.05) is 18.7 Å². The summed E-state index contributed by atoms with van der Waals surface area (Å²) in [4.78, 5) is 10.4. The zero-order chi connectivity index (χ0) is 16.5. The molecule has 1 aliphatic rings. The lowest BCUT2D eigenvalue weighted by Gasteiger charge is -2.24. The van der Waals surface area contributed by atoms with Crippen LogP contribution in [0, 0.1) is 10.1 Å². The summed E-state index contributed by atoms with van der Waals surface area (Å²) >= 11 is 0. The Morgan fingerprint density at radius 2 is 1.71 bits per heavy atom. The summed E-state index contributed by atoms with van der Waals surface area (Å²) in [6, 6.07) is 19.7. The minimum Gasteiger partial charge on any atom is -0.396 e. The second kappa shape index (κ2) is 5.94. The van der Waals surface area contributed by atoms with Crippen LogP contribution in [0.5, 0.6) is 0 Å². The van der Waals surface area contributed by atoms with Crippen molar-refractivity contribution in [2.45, 2.75) is 6.54 Å². The van der Waals surface area contributed by atoms with E-state index in [4.69, 9.17) is 0 Å². The van der Waals surface area contributed by atoms with E-state index in [0.29, 0.717) is 9.68 Å². The van der Waals surface area contributed by atoms with Gasteiger partial charge in [0.2, 0.25) is 9.68 Å². The Hall–Kier alpha value is -2.92. The van der Waals surface area contributed by atoms with Gasteiger partial charge in [-0.05, 0) is 45.4 Å². The average molecular weight is 330 g/mol. The van der Waals surface area contributed by atoms with Crippen molar-refractivity contribution in [1.29, 1.82) is 0 Å². The van der Waals surface area contributed by atoms with Crippen molar-refractivity contribution in [1.82, 2.24) is 4.57 Å². The smallest absolute Gasteiger partial charge is 0.269 e. The number of nitro groups is 1. The predicted octanol–water partition coefficient (Wildman–Crippen LogP) is 3.48. The van der Waals surface area contributed by atoms with Crippen molar-refractivity contribution < 1.29 is 4.92 Å². The molecular weight excluding hydrogens is 316 g/mol. The normalized spacial score (nSPS) is 13.1. The Balaban J connectivity index is 1.56. The molecule has 4 nitrogen and oxygen atoms in total. The Kier molecular flexibility index (Phi) is 3.63. The van der Waals surface area contributed by atoms with Crippen LogP contribution in [0.1, 0.15) is 11.1 Å². The van der Waals surface area contributed by atoms with Gasteiger partial charge < -0.3 is 4.57 Å². The third-order valence-electron chi connectivity index (χ3n) is 4.12. The molecule has 2 radical (unpaired) electrons. The summed E-state index contributed by atoms with van der Waals surface area (Å²) in [7, 11) is 0.558. The minimum absolute atomic E-state index is 0.132. The molecule has 3 aromatic rings. The lowest BCUT2D eigenvalue weighted by atomic mass is 10.1. The number of fused-ring (bicyclic) bond motifs is 2. The maximum atomic E-state index is 10.7. The number of non-ortho nitro benzene ring substituents is 1. The fourth-order valence-corrected chi connectivity index (χ4v) is 4.09. The fourth-order valence-electron chi connectivity index (χ4n) is 2.87. The first-order valence-corrected chi connectivity index (χ1v) is 8.61. The maximum Gasteiger partial charge on any atom is 0.269 e. The average Bonchev–Trinajstić information content (AvgIpc) is 2.60. The van der Waals surface area contributed by atoms with E-state index in [9.17, 15) is 10.1 Å². The van der Waals surface area contributed by atoms with Gasteiger partial charge in [-0.1, -0.05) is 42.5 Å². The quantitative estimate of drug-likeness (QED) is 0.420.